The first-order valence-electron chi connectivity index (χ1n) is 25.1. The van der Waals surface area contributed by atoms with E-state index in [1.165, 1.54) is 138 Å². The van der Waals surface area contributed by atoms with Crippen LogP contribution in [0.1, 0.15) is 109 Å². The molecule has 4 aliphatic rings. The van der Waals surface area contributed by atoms with Gasteiger partial charge < -0.3 is 13.8 Å². The van der Waals surface area contributed by atoms with Crippen molar-refractivity contribution in [3.63, 3.8) is 0 Å². The maximum atomic E-state index is 6.67. The summed E-state index contributed by atoms with van der Waals surface area (Å²) in [5.41, 5.74) is 24.9. The Morgan fingerprint density at radius 3 is 2.06 bits per heavy atom. The van der Waals surface area contributed by atoms with Gasteiger partial charge in [-0.1, -0.05) is 129 Å². The first kappa shape index (κ1) is 40.3. The van der Waals surface area contributed by atoms with Crippen molar-refractivity contribution in [1.29, 1.82) is 0 Å². The SMILES string of the molecule is Cc1cc2c3c4c1c1cc5oc6ccccc6c5cc1n4-c1cc4c(cc1B3N(c1ccc(C(C)(C)C)cc1)c1cc3sc5cc6c(cc5c3cc1-2)C(C)(C)CCC6(C)C)C(C)(C)c1ccccc1-4. The third-order valence-corrected chi connectivity index (χ3v) is 18.8. The summed E-state index contributed by atoms with van der Waals surface area (Å²) in [5, 5.41) is 7.63. The number of fused-ring (bicyclic) bond motifs is 18. The molecule has 0 unspecified atom stereocenters. The van der Waals surface area contributed by atoms with Crippen LogP contribution in [0.15, 0.2) is 132 Å². The van der Waals surface area contributed by atoms with Gasteiger partial charge in [-0.25, -0.2) is 0 Å². The van der Waals surface area contributed by atoms with E-state index in [4.69, 9.17) is 4.42 Å². The molecule has 0 saturated heterocycles. The second-order valence-electron chi connectivity index (χ2n) is 24.0. The molecule has 2 aliphatic carbocycles. The molecule has 3 aromatic heterocycles. The number of benzene rings is 8. The van der Waals surface area contributed by atoms with Crippen LogP contribution in [-0.2, 0) is 21.7 Å². The lowest BCUT2D eigenvalue weighted by Crippen LogP contribution is -2.60. The van der Waals surface area contributed by atoms with Crippen molar-refractivity contribution in [2.75, 3.05) is 4.81 Å². The maximum Gasteiger partial charge on any atom is 0.333 e. The molecular formula is C64H55BN2OS. The molecule has 15 rings (SSSR count). The Morgan fingerprint density at radius 1 is 0.565 bits per heavy atom. The second kappa shape index (κ2) is 12.8. The van der Waals surface area contributed by atoms with E-state index in [0.29, 0.717) is 0 Å². The number of furan rings is 1. The normalized spacial score (nSPS) is 17.0. The average molecular weight is 911 g/mol. The maximum absolute atomic E-state index is 6.67. The summed E-state index contributed by atoms with van der Waals surface area (Å²) >= 11 is 1.98. The highest BCUT2D eigenvalue weighted by atomic mass is 32.1. The fourth-order valence-electron chi connectivity index (χ4n) is 13.8. The molecule has 5 heterocycles. The van der Waals surface area contributed by atoms with Crippen LogP contribution in [0.2, 0.25) is 0 Å². The van der Waals surface area contributed by atoms with Crippen molar-refractivity contribution < 1.29 is 4.42 Å². The molecule has 0 radical (unpaired) electrons. The van der Waals surface area contributed by atoms with E-state index in [1.54, 1.807) is 0 Å². The van der Waals surface area contributed by atoms with Crippen molar-refractivity contribution in [3.05, 3.63) is 161 Å². The first-order valence-corrected chi connectivity index (χ1v) is 26.0. The van der Waals surface area contributed by atoms with Gasteiger partial charge in [-0.3, -0.25) is 0 Å². The minimum absolute atomic E-state index is 0.0319. The van der Waals surface area contributed by atoms with E-state index in [9.17, 15) is 0 Å². The number of aryl methyl sites for hydroxylation is 1. The predicted molar refractivity (Wildman–Crippen MR) is 296 cm³/mol. The largest absolute Gasteiger partial charge is 0.456 e. The Bertz CT molecular complexity index is 4170. The number of thiophene rings is 1. The summed E-state index contributed by atoms with van der Waals surface area (Å²) in [6.07, 6.45) is 2.41. The van der Waals surface area contributed by atoms with Crippen molar-refractivity contribution in [1.82, 2.24) is 4.57 Å². The summed E-state index contributed by atoms with van der Waals surface area (Å²) in [5.74, 6) is 0. The lowest BCUT2D eigenvalue weighted by molar-refractivity contribution is 0.332. The summed E-state index contributed by atoms with van der Waals surface area (Å²) < 4.78 is 12.1. The number of hydrogen-bond donors (Lipinski definition) is 0. The third kappa shape index (κ3) is 5.09. The predicted octanol–water partition coefficient (Wildman–Crippen LogP) is 16.6. The average Bonchev–Trinajstić information content (AvgIpc) is 4.04. The van der Waals surface area contributed by atoms with Gasteiger partial charge in [0.05, 0.1) is 11.0 Å². The lowest BCUT2D eigenvalue weighted by atomic mass is 9.43. The Balaban J connectivity index is 1.11. The minimum Gasteiger partial charge on any atom is -0.456 e. The van der Waals surface area contributed by atoms with E-state index in [-0.39, 0.29) is 28.5 Å². The summed E-state index contributed by atoms with van der Waals surface area (Å²) in [7, 11) is 0. The molecule has 0 bridgehead atoms. The van der Waals surface area contributed by atoms with Gasteiger partial charge in [0, 0.05) is 69.8 Å². The van der Waals surface area contributed by atoms with Crippen molar-refractivity contribution >= 4 is 104 Å². The molecule has 0 amide bonds. The Labute approximate surface area is 408 Å². The number of para-hydroxylation sites is 1. The monoisotopic (exact) mass is 910 g/mol. The van der Waals surface area contributed by atoms with Crippen LogP contribution in [0.4, 0.5) is 11.4 Å². The molecule has 8 aromatic carbocycles. The number of nitrogens with zero attached hydrogens (tertiary/aromatic N) is 2. The van der Waals surface area contributed by atoms with E-state index in [0.717, 1.165) is 21.9 Å². The molecule has 0 saturated carbocycles. The molecule has 2 aliphatic heterocycles. The van der Waals surface area contributed by atoms with Gasteiger partial charge in [0.15, 0.2) is 0 Å². The van der Waals surface area contributed by atoms with Crippen LogP contribution in [0.5, 0.6) is 0 Å². The molecule has 0 fully saturated rings. The van der Waals surface area contributed by atoms with Crippen LogP contribution in [0.25, 0.3) is 91.9 Å². The van der Waals surface area contributed by atoms with Crippen molar-refractivity contribution in [2.45, 2.75) is 104 Å². The number of anilines is 2. The molecule has 3 nitrogen and oxygen atoms in total. The van der Waals surface area contributed by atoms with Crippen molar-refractivity contribution in [3.8, 4) is 27.9 Å². The third-order valence-electron chi connectivity index (χ3n) is 17.7. The van der Waals surface area contributed by atoms with Crippen molar-refractivity contribution in [2.24, 2.45) is 0 Å². The summed E-state index contributed by atoms with van der Waals surface area (Å²) in [4.78, 5) is 2.74. The summed E-state index contributed by atoms with van der Waals surface area (Å²) in [6, 6.07) is 50.1. The molecule has 0 atom stereocenters. The summed E-state index contributed by atoms with van der Waals surface area (Å²) in [6.45, 7) is 23.9. The van der Waals surface area contributed by atoms with Crippen LogP contribution in [-0.4, -0.2) is 11.4 Å². The molecular weight excluding hydrogens is 856 g/mol. The highest BCUT2D eigenvalue weighted by molar-refractivity contribution is 7.25. The first-order chi connectivity index (χ1) is 33.0. The lowest BCUT2D eigenvalue weighted by Gasteiger charge is -2.43. The zero-order valence-corrected chi connectivity index (χ0v) is 42.1. The number of hydrogen-bond acceptors (Lipinski definition) is 3. The van der Waals surface area contributed by atoms with Gasteiger partial charge in [0.2, 0.25) is 0 Å². The zero-order valence-electron chi connectivity index (χ0n) is 41.3. The van der Waals surface area contributed by atoms with Gasteiger partial charge in [0.25, 0.3) is 0 Å². The van der Waals surface area contributed by atoms with E-state index in [2.05, 4.69) is 206 Å². The number of aromatic nitrogens is 1. The van der Waals surface area contributed by atoms with Gasteiger partial charge in [-0.05, 0) is 158 Å². The van der Waals surface area contributed by atoms with Gasteiger partial charge in [0.1, 0.15) is 11.2 Å². The Kier molecular flexibility index (Phi) is 7.48. The van der Waals surface area contributed by atoms with E-state index in [1.807, 2.05) is 11.3 Å². The fraction of sp³-hybridized carbons (Fsp3) is 0.250. The highest BCUT2D eigenvalue weighted by Crippen LogP contribution is 2.55. The Hall–Kier alpha value is -6.56. The molecule has 0 N–H and O–H groups in total. The number of rotatable bonds is 1. The molecule has 336 valence electrons. The van der Waals surface area contributed by atoms with Crippen LogP contribution < -0.4 is 15.7 Å². The molecule has 69 heavy (non-hydrogen) atoms. The Morgan fingerprint density at radius 2 is 1.28 bits per heavy atom. The molecule has 5 heteroatoms. The highest BCUT2D eigenvalue weighted by Gasteiger charge is 2.47. The quantitative estimate of drug-likeness (QED) is 0.153. The zero-order chi connectivity index (χ0) is 47.0. The van der Waals surface area contributed by atoms with Crippen LogP contribution >= 0.6 is 11.3 Å². The van der Waals surface area contributed by atoms with Gasteiger partial charge >= 0.3 is 6.85 Å². The smallest absolute Gasteiger partial charge is 0.333 e. The molecule has 11 aromatic rings. The standard InChI is InChI=1S/C64H55BN2OS/c1-34-25-44-40-26-42-43-27-48-49(63(7,8)24-23-62(48,5)6)32-56(43)69-57(42)33-52(40)67(36-21-19-35(20-22-36)61(2,3)4)65-50-31-47-39(37-15-11-13-17-46(37)64(47,9)10)28-53(50)66-51-29-41-38-16-12-14-18-54(38)68-55(41)30-45(51)58(34)60(66)59(44)65/h11-22,25-33H,23-24H2,1-10H3. The second-order valence-corrected chi connectivity index (χ2v) is 25.1. The van der Waals surface area contributed by atoms with Gasteiger partial charge in [-0.2, -0.15) is 0 Å². The molecule has 0 spiro atoms. The van der Waals surface area contributed by atoms with E-state index >= 15 is 0 Å². The van der Waals surface area contributed by atoms with E-state index < -0.39 is 0 Å². The minimum atomic E-state index is -0.162. The van der Waals surface area contributed by atoms with Gasteiger partial charge in [-0.15, -0.1) is 11.3 Å². The fourth-order valence-corrected chi connectivity index (χ4v) is 15.0. The topological polar surface area (TPSA) is 21.3 Å². The van der Waals surface area contributed by atoms with Crippen LogP contribution in [0.3, 0.4) is 0 Å². The van der Waals surface area contributed by atoms with Crippen LogP contribution in [0, 0.1) is 6.92 Å².